The first-order chi connectivity index (χ1) is 12.4. The van der Waals surface area contributed by atoms with Gasteiger partial charge in [-0.2, -0.15) is 5.10 Å². The highest BCUT2D eigenvalue weighted by Crippen LogP contribution is 2.29. The monoisotopic (exact) mass is 361 g/mol. The highest BCUT2D eigenvalue weighted by molar-refractivity contribution is 5.80. The van der Waals surface area contributed by atoms with Gasteiger partial charge in [0.2, 0.25) is 5.91 Å². The van der Waals surface area contributed by atoms with E-state index < -0.39 is 0 Å². The quantitative estimate of drug-likeness (QED) is 0.810. The molecule has 0 aromatic carbocycles. The molecule has 0 aliphatic carbocycles. The lowest BCUT2D eigenvalue weighted by Crippen LogP contribution is -2.55. The van der Waals surface area contributed by atoms with Gasteiger partial charge in [0, 0.05) is 50.9 Å². The standard InChI is InChI=1S/C20H35N5O/c1-5-15-7-6-8-25(12-15)20(2,3)14-22-19(26)18-11-21-10-17(18)16-9-23-24(4)13-16/h9,13,15,17-18,21H,5-8,10-12,14H2,1-4H3,(H,22,26)/t15?,17-,18+/m1/s1. The number of aromatic nitrogens is 2. The maximum absolute atomic E-state index is 12.9. The second-order valence-electron chi connectivity index (χ2n) is 8.71. The average Bonchev–Trinajstić information content (AvgIpc) is 3.28. The fraction of sp³-hybridized carbons (Fsp3) is 0.800. The zero-order valence-electron chi connectivity index (χ0n) is 16.8. The molecule has 3 heterocycles. The molecule has 6 heteroatoms. The lowest BCUT2D eigenvalue weighted by molar-refractivity contribution is -0.125. The Morgan fingerprint density at radius 1 is 1.42 bits per heavy atom. The Morgan fingerprint density at radius 2 is 2.23 bits per heavy atom. The first-order valence-electron chi connectivity index (χ1n) is 10.1. The minimum Gasteiger partial charge on any atom is -0.354 e. The van der Waals surface area contributed by atoms with Crippen LogP contribution in [0.25, 0.3) is 0 Å². The van der Waals surface area contributed by atoms with Gasteiger partial charge in [-0.1, -0.05) is 13.3 Å². The van der Waals surface area contributed by atoms with Gasteiger partial charge >= 0.3 is 0 Å². The van der Waals surface area contributed by atoms with Gasteiger partial charge in [0.15, 0.2) is 0 Å². The summed E-state index contributed by atoms with van der Waals surface area (Å²) < 4.78 is 1.81. The Bertz CT molecular complexity index is 611. The number of piperidine rings is 1. The number of hydrogen-bond acceptors (Lipinski definition) is 4. The van der Waals surface area contributed by atoms with Crippen LogP contribution < -0.4 is 10.6 Å². The van der Waals surface area contributed by atoms with Crippen molar-refractivity contribution in [2.24, 2.45) is 18.9 Å². The summed E-state index contributed by atoms with van der Waals surface area (Å²) in [6, 6.07) is 0. The third-order valence-electron chi connectivity index (χ3n) is 6.35. The molecular formula is C20H35N5O. The number of carbonyl (C=O) groups is 1. The van der Waals surface area contributed by atoms with Crippen LogP contribution in [0.1, 0.15) is 51.5 Å². The maximum Gasteiger partial charge on any atom is 0.225 e. The molecule has 2 fully saturated rings. The SMILES string of the molecule is CCC1CCCN(C(C)(C)CNC(=O)[C@H]2CNC[C@@H]2c2cnn(C)c2)C1. The van der Waals surface area contributed by atoms with Crippen molar-refractivity contribution in [1.82, 2.24) is 25.3 Å². The van der Waals surface area contributed by atoms with E-state index in [1.165, 1.54) is 19.3 Å². The van der Waals surface area contributed by atoms with Crippen LogP contribution in [0.5, 0.6) is 0 Å². The van der Waals surface area contributed by atoms with E-state index in [-0.39, 0.29) is 23.3 Å². The lowest BCUT2D eigenvalue weighted by atomic mass is 9.89. The molecule has 26 heavy (non-hydrogen) atoms. The van der Waals surface area contributed by atoms with Gasteiger partial charge in [-0.15, -0.1) is 0 Å². The van der Waals surface area contributed by atoms with Crippen molar-refractivity contribution in [3.8, 4) is 0 Å². The summed E-state index contributed by atoms with van der Waals surface area (Å²) in [5.74, 6) is 1.17. The molecular weight excluding hydrogens is 326 g/mol. The average molecular weight is 362 g/mol. The Morgan fingerprint density at radius 3 is 2.92 bits per heavy atom. The van der Waals surface area contributed by atoms with Crippen LogP contribution in [0.2, 0.25) is 0 Å². The minimum atomic E-state index is -0.0141. The maximum atomic E-state index is 12.9. The van der Waals surface area contributed by atoms with Gasteiger partial charge in [0.25, 0.3) is 0 Å². The molecule has 0 spiro atoms. The summed E-state index contributed by atoms with van der Waals surface area (Å²) in [6.07, 6.45) is 7.78. The molecule has 0 radical (unpaired) electrons. The topological polar surface area (TPSA) is 62.2 Å². The van der Waals surface area contributed by atoms with Crippen LogP contribution in [0.3, 0.4) is 0 Å². The number of aryl methyl sites for hydroxylation is 1. The normalized spacial score (nSPS) is 27.6. The summed E-state index contributed by atoms with van der Waals surface area (Å²) >= 11 is 0. The second kappa shape index (κ2) is 8.09. The van der Waals surface area contributed by atoms with Crippen molar-refractivity contribution in [2.45, 2.75) is 51.5 Å². The largest absolute Gasteiger partial charge is 0.354 e. The molecule has 0 bridgehead atoms. The van der Waals surface area contributed by atoms with Crippen molar-refractivity contribution >= 4 is 5.91 Å². The number of hydrogen-bond donors (Lipinski definition) is 2. The smallest absolute Gasteiger partial charge is 0.225 e. The first kappa shape index (κ1) is 19.4. The number of amides is 1. The van der Waals surface area contributed by atoms with Gasteiger partial charge in [0.1, 0.15) is 0 Å². The van der Waals surface area contributed by atoms with Gasteiger partial charge in [0.05, 0.1) is 12.1 Å². The molecule has 6 nitrogen and oxygen atoms in total. The summed E-state index contributed by atoms with van der Waals surface area (Å²) in [7, 11) is 1.92. The Hall–Kier alpha value is -1.40. The first-order valence-corrected chi connectivity index (χ1v) is 10.1. The van der Waals surface area contributed by atoms with Crippen molar-refractivity contribution in [3.05, 3.63) is 18.0 Å². The molecule has 2 saturated heterocycles. The Balaban J connectivity index is 1.57. The Labute approximate surface area is 157 Å². The van der Waals surface area contributed by atoms with Gasteiger partial charge in [-0.3, -0.25) is 14.4 Å². The van der Waals surface area contributed by atoms with Crippen molar-refractivity contribution < 1.29 is 4.79 Å². The number of nitrogens with zero attached hydrogens (tertiary/aromatic N) is 3. The van der Waals surface area contributed by atoms with E-state index in [1.54, 1.807) is 0 Å². The lowest BCUT2D eigenvalue weighted by Gasteiger charge is -2.43. The number of carbonyl (C=O) groups excluding carboxylic acids is 1. The third-order valence-corrected chi connectivity index (χ3v) is 6.35. The molecule has 1 amide bonds. The number of likely N-dealkylation sites (tertiary alicyclic amines) is 1. The number of rotatable bonds is 6. The molecule has 1 aromatic heterocycles. The summed E-state index contributed by atoms with van der Waals surface area (Å²) in [5.41, 5.74) is 1.15. The molecule has 2 N–H and O–H groups in total. The molecule has 3 atom stereocenters. The second-order valence-corrected chi connectivity index (χ2v) is 8.71. The molecule has 2 aliphatic rings. The van der Waals surface area contributed by atoms with Gasteiger partial charge in [-0.05, 0) is 44.7 Å². The fourth-order valence-corrected chi connectivity index (χ4v) is 4.43. The minimum absolute atomic E-state index is 0.000663. The van der Waals surface area contributed by atoms with Gasteiger partial charge in [-0.25, -0.2) is 0 Å². The summed E-state index contributed by atoms with van der Waals surface area (Å²) in [6.45, 7) is 11.4. The van der Waals surface area contributed by atoms with Crippen LogP contribution in [-0.2, 0) is 11.8 Å². The van der Waals surface area contributed by atoms with Crippen molar-refractivity contribution in [2.75, 3.05) is 32.7 Å². The molecule has 1 unspecified atom stereocenters. The zero-order chi connectivity index (χ0) is 18.7. The zero-order valence-corrected chi connectivity index (χ0v) is 16.8. The molecule has 1 aromatic rings. The van der Waals surface area contributed by atoms with Crippen LogP contribution >= 0.6 is 0 Å². The number of nitrogens with one attached hydrogen (secondary N) is 2. The van der Waals surface area contributed by atoms with E-state index in [9.17, 15) is 4.79 Å². The predicted octanol–water partition coefficient (Wildman–Crippen LogP) is 1.74. The van der Waals surface area contributed by atoms with Crippen LogP contribution in [0.4, 0.5) is 0 Å². The van der Waals surface area contributed by atoms with Gasteiger partial charge < -0.3 is 10.6 Å². The van der Waals surface area contributed by atoms with E-state index in [4.69, 9.17) is 0 Å². The third kappa shape index (κ3) is 4.29. The van der Waals surface area contributed by atoms with Crippen LogP contribution in [0.15, 0.2) is 12.4 Å². The Kier molecular flexibility index (Phi) is 6.03. The molecule has 146 valence electrons. The molecule has 3 rings (SSSR count). The van der Waals surface area contributed by atoms with E-state index >= 15 is 0 Å². The predicted molar refractivity (Wildman–Crippen MR) is 104 cm³/mol. The van der Waals surface area contributed by atoms with E-state index in [2.05, 4.69) is 41.4 Å². The van der Waals surface area contributed by atoms with E-state index in [0.29, 0.717) is 6.54 Å². The van der Waals surface area contributed by atoms with Crippen LogP contribution in [-0.4, -0.2) is 58.9 Å². The fourth-order valence-electron chi connectivity index (χ4n) is 4.43. The summed E-state index contributed by atoms with van der Waals surface area (Å²) in [5, 5.41) is 10.9. The van der Waals surface area contributed by atoms with Crippen LogP contribution in [0, 0.1) is 11.8 Å². The highest BCUT2D eigenvalue weighted by atomic mass is 16.2. The van der Waals surface area contributed by atoms with E-state index in [0.717, 1.165) is 37.7 Å². The summed E-state index contributed by atoms with van der Waals surface area (Å²) in [4.78, 5) is 15.5. The molecule has 0 saturated carbocycles. The van der Waals surface area contributed by atoms with E-state index in [1.807, 2.05) is 24.1 Å². The highest BCUT2D eigenvalue weighted by Gasteiger charge is 2.36. The van der Waals surface area contributed by atoms with Crippen molar-refractivity contribution in [3.63, 3.8) is 0 Å². The molecule has 2 aliphatic heterocycles. The van der Waals surface area contributed by atoms with Crippen molar-refractivity contribution in [1.29, 1.82) is 0 Å².